The van der Waals surface area contributed by atoms with Gasteiger partial charge in [0.2, 0.25) is 5.91 Å². The maximum absolute atomic E-state index is 12.0. The standard InChI is InChI=1S/C18H21NO4S/c1-11(14-4-2-3-5-15(14)20)23-13-8-6-12(7-9-13)10-16-17(21)19-18(22)24-16/h6-9,11,14,16H,2-5,10H2,1H3,(H,19,21,22). The highest BCUT2D eigenvalue weighted by molar-refractivity contribution is 8.15. The number of imide groups is 1. The molecule has 0 spiro atoms. The van der Waals surface area contributed by atoms with Crippen LogP contribution in [0.3, 0.4) is 0 Å². The van der Waals surface area contributed by atoms with Gasteiger partial charge in [-0.05, 0) is 43.9 Å². The molecule has 1 aliphatic heterocycles. The van der Waals surface area contributed by atoms with E-state index in [0.717, 1.165) is 42.3 Å². The van der Waals surface area contributed by atoms with Crippen molar-refractivity contribution >= 4 is 28.7 Å². The van der Waals surface area contributed by atoms with Crippen LogP contribution in [-0.4, -0.2) is 28.3 Å². The number of carbonyl (C=O) groups excluding carboxylic acids is 3. The third-order valence-corrected chi connectivity index (χ3v) is 5.58. The minimum Gasteiger partial charge on any atom is -0.490 e. The first-order valence-electron chi connectivity index (χ1n) is 8.33. The number of nitrogens with one attached hydrogen (secondary N) is 1. The largest absolute Gasteiger partial charge is 0.490 e. The van der Waals surface area contributed by atoms with E-state index in [2.05, 4.69) is 5.32 Å². The molecule has 24 heavy (non-hydrogen) atoms. The highest BCUT2D eigenvalue weighted by atomic mass is 32.2. The van der Waals surface area contributed by atoms with Crippen molar-refractivity contribution in [3.8, 4) is 5.75 Å². The molecule has 2 aliphatic rings. The van der Waals surface area contributed by atoms with E-state index in [1.54, 1.807) is 0 Å². The highest BCUT2D eigenvalue weighted by Crippen LogP contribution is 2.27. The number of rotatable bonds is 5. The number of ketones is 1. The first kappa shape index (κ1) is 17.0. The molecule has 1 heterocycles. The Balaban J connectivity index is 1.57. The van der Waals surface area contributed by atoms with Gasteiger partial charge in [0, 0.05) is 6.42 Å². The summed E-state index contributed by atoms with van der Waals surface area (Å²) in [7, 11) is 0. The molecule has 1 aromatic rings. The number of Topliss-reactive ketones (excluding diaryl/α,β-unsaturated/α-hetero) is 1. The third kappa shape index (κ3) is 3.98. The molecule has 128 valence electrons. The van der Waals surface area contributed by atoms with Gasteiger partial charge in [-0.25, -0.2) is 0 Å². The summed E-state index contributed by atoms with van der Waals surface area (Å²) >= 11 is 1.03. The van der Waals surface area contributed by atoms with Crippen molar-refractivity contribution in [3.63, 3.8) is 0 Å². The van der Waals surface area contributed by atoms with E-state index < -0.39 is 0 Å². The number of hydrogen-bond acceptors (Lipinski definition) is 5. The van der Waals surface area contributed by atoms with E-state index in [9.17, 15) is 14.4 Å². The van der Waals surface area contributed by atoms with Gasteiger partial charge >= 0.3 is 0 Å². The number of thioether (sulfide) groups is 1. The van der Waals surface area contributed by atoms with E-state index in [1.165, 1.54) is 0 Å². The molecule has 0 radical (unpaired) electrons. The Morgan fingerprint density at radius 1 is 1.21 bits per heavy atom. The van der Waals surface area contributed by atoms with E-state index in [1.807, 2.05) is 31.2 Å². The van der Waals surface area contributed by atoms with Crippen molar-refractivity contribution in [3.05, 3.63) is 29.8 Å². The van der Waals surface area contributed by atoms with Crippen LogP contribution in [0, 0.1) is 5.92 Å². The minimum atomic E-state index is -0.358. The summed E-state index contributed by atoms with van der Waals surface area (Å²) in [5.41, 5.74) is 0.978. The Bertz CT molecular complexity index is 643. The van der Waals surface area contributed by atoms with E-state index in [4.69, 9.17) is 4.74 Å². The second kappa shape index (κ2) is 7.38. The molecule has 1 saturated heterocycles. The molecular weight excluding hydrogens is 326 g/mol. The van der Waals surface area contributed by atoms with Crippen LogP contribution >= 0.6 is 11.8 Å². The predicted octanol–water partition coefficient (Wildman–Crippen LogP) is 3.11. The molecule has 1 saturated carbocycles. The summed E-state index contributed by atoms with van der Waals surface area (Å²) in [6.45, 7) is 1.95. The zero-order chi connectivity index (χ0) is 17.1. The summed E-state index contributed by atoms with van der Waals surface area (Å²) in [5, 5.41) is 1.65. The van der Waals surface area contributed by atoms with Crippen molar-refractivity contribution < 1.29 is 19.1 Å². The summed E-state index contributed by atoms with van der Waals surface area (Å²) < 4.78 is 5.93. The first-order valence-corrected chi connectivity index (χ1v) is 9.20. The van der Waals surface area contributed by atoms with Gasteiger partial charge in [0.15, 0.2) is 0 Å². The van der Waals surface area contributed by atoms with Crippen LogP contribution in [0.4, 0.5) is 4.79 Å². The number of carbonyl (C=O) groups is 3. The van der Waals surface area contributed by atoms with Gasteiger partial charge in [-0.3, -0.25) is 19.7 Å². The lowest BCUT2D eigenvalue weighted by Gasteiger charge is -2.27. The van der Waals surface area contributed by atoms with Crippen molar-refractivity contribution in [2.24, 2.45) is 5.92 Å². The number of amides is 2. The van der Waals surface area contributed by atoms with Crippen LogP contribution in [0.25, 0.3) is 0 Å². The molecule has 3 rings (SSSR count). The van der Waals surface area contributed by atoms with Crippen molar-refractivity contribution in [2.45, 2.75) is 50.4 Å². The minimum absolute atomic E-state index is 0.0111. The summed E-state index contributed by atoms with van der Waals surface area (Å²) in [4.78, 5) is 34.8. The van der Waals surface area contributed by atoms with Crippen molar-refractivity contribution in [1.29, 1.82) is 0 Å². The van der Waals surface area contributed by atoms with E-state index in [-0.39, 0.29) is 28.4 Å². The molecule has 2 fully saturated rings. The van der Waals surface area contributed by atoms with Gasteiger partial charge in [0.1, 0.15) is 17.6 Å². The molecule has 6 heteroatoms. The molecule has 3 unspecified atom stereocenters. The van der Waals surface area contributed by atoms with Crippen LogP contribution in [0.2, 0.25) is 0 Å². The molecule has 1 aliphatic carbocycles. The fourth-order valence-corrected chi connectivity index (χ4v) is 4.11. The monoisotopic (exact) mass is 347 g/mol. The Morgan fingerprint density at radius 3 is 2.58 bits per heavy atom. The highest BCUT2D eigenvalue weighted by Gasteiger charge is 2.31. The lowest BCUT2D eigenvalue weighted by molar-refractivity contribution is -0.127. The summed E-state index contributed by atoms with van der Waals surface area (Å²) in [5.74, 6) is 0.793. The Labute approximate surface area is 145 Å². The van der Waals surface area contributed by atoms with Crippen LogP contribution in [-0.2, 0) is 16.0 Å². The maximum Gasteiger partial charge on any atom is 0.286 e. The first-order chi connectivity index (χ1) is 11.5. The molecule has 0 bridgehead atoms. The SMILES string of the molecule is CC(Oc1ccc(CC2SC(=O)NC2=O)cc1)C1CCCCC1=O. The fourth-order valence-electron chi connectivity index (χ4n) is 3.25. The van der Waals surface area contributed by atoms with Gasteiger partial charge in [-0.1, -0.05) is 30.3 Å². The molecule has 0 aromatic heterocycles. The predicted molar refractivity (Wildman–Crippen MR) is 92.1 cm³/mol. The van der Waals surface area contributed by atoms with Gasteiger partial charge < -0.3 is 4.74 Å². The molecule has 3 atom stereocenters. The zero-order valence-electron chi connectivity index (χ0n) is 13.6. The van der Waals surface area contributed by atoms with Gasteiger partial charge in [-0.2, -0.15) is 0 Å². The summed E-state index contributed by atoms with van der Waals surface area (Å²) in [6, 6.07) is 7.53. The third-order valence-electron chi connectivity index (χ3n) is 4.60. The van der Waals surface area contributed by atoms with E-state index in [0.29, 0.717) is 18.6 Å². The fraction of sp³-hybridized carbons (Fsp3) is 0.500. The van der Waals surface area contributed by atoms with Gasteiger partial charge in [0.25, 0.3) is 5.24 Å². The number of benzene rings is 1. The molecule has 2 amide bonds. The zero-order valence-corrected chi connectivity index (χ0v) is 14.4. The average molecular weight is 347 g/mol. The van der Waals surface area contributed by atoms with Crippen molar-refractivity contribution in [1.82, 2.24) is 5.32 Å². The molecule has 5 nitrogen and oxygen atoms in total. The second-order valence-corrected chi connectivity index (χ2v) is 7.55. The normalized spacial score (nSPS) is 25.5. The van der Waals surface area contributed by atoms with Crippen LogP contribution in [0.5, 0.6) is 5.75 Å². The molecular formula is C18H21NO4S. The lowest BCUT2D eigenvalue weighted by Crippen LogP contribution is -2.32. The Kier molecular flexibility index (Phi) is 5.23. The van der Waals surface area contributed by atoms with Crippen LogP contribution in [0.1, 0.15) is 38.2 Å². The Morgan fingerprint density at radius 2 is 1.96 bits per heavy atom. The Hall–Kier alpha value is -1.82. The second-order valence-electron chi connectivity index (χ2n) is 6.37. The quantitative estimate of drug-likeness (QED) is 0.886. The van der Waals surface area contributed by atoms with E-state index >= 15 is 0 Å². The molecule has 1 aromatic carbocycles. The van der Waals surface area contributed by atoms with Gasteiger partial charge in [-0.15, -0.1) is 0 Å². The summed E-state index contributed by atoms with van der Waals surface area (Å²) in [6.07, 6.45) is 4.03. The smallest absolute Gasteiger partial charge is 0.286 e. The lowest BCUT2D eigenvalue weighted by atomic mass is 9.84. The van der Waals surface area contributed by atoms with Gasteiger partial charge in [0.05, 0.1) is 11.2 Å². The van der Waals surface area contributed by atoms with Crippen LogP contribution < -0.4 is 10.1 Å². The number of ether oxygens (including phenoxy) is 1. The number of hydrogen-bond donors (Lipinski definition) is 1. The maximum atomic E-state index is 12.0. The average Bonchev–Trinajstić information content (AvgIpc) is 2.87. The van der Waals surface area contributed by atoms with Crippen molar-refractivity contribution in [2.75, 3.05) is 0 Å². The topological polar surface area (TPSA) is 72.5 Å². The molecule has 1 N–H and O–H groups in total. The van der Waals surface area contributed by atoms with Crippen LogP contribution in [0.15, 0.2) is 24.3 Å².